The van der Waals surface area contributed by atoms with Gasteiger partial charge < -0.3 is 11.1 Å². The maximum atomic E-state index is 12.0. The molecule has 0 aliphatic carbocycles. The minimum absolute atomic E-state index is 0.161. The van der Waals surface area contributed by atoms with Crippen LogP contribution in [0.5, 0.6) is 0 Å². The van der Waals surface area contributed by atoms with Crippen molar-refractivity contribution >= 4 is 39.3 Å². The molecular formula is C17H17BrN2O. The standard InChI is InChI=1S/C17H17BrN2O/c1-11-8-14(18)9-12(2)17(11)20-16(21)7-6-13-4-3-5-15(19)10-13/h3-10H,19H2,1-2H3,(H,20,21)/b7-6+. The van der Waals surface area contributed by atoms with Crippen LogP contribution in [0.2, 0.25) is 0 Å². The molecule has 2 aromatic carbocycles. The number of rotatable bonds is 3. The summed E-state index contributed by atoms with van der Waals surface area (Å²) in [7, 11) is 0. The number of hydrogen-bond acceptors (Lipinski definition) is 2. The minimum Gasteiger partial charge on any atom is -0.399 e. The lowest BCUT2D eigenvalue weighted by atomic mass is 10.1. The number of nitrogens with two attached hydrogens (primary N) is 1. The van der Waals surface area contributed by atoms with Crippen molar-refractivity contribution in [2.45, 2.75) is 13.8 Å². The molecule has 0 aliphatic heterocycles. The molecule has 3 nitrogen and oxygen atoms in total. The smallest absolute Gasteiger partial charge is 0.248 e. The maximum Gasteiger partial charge on any atom is 0.248 e. The third-order valence-corrected chi connectivity index (χ3v) is 3.54. The van der Waals surface area contributed by atoms with Crippen LogP contribution in [0.4, 0.5) is 11.4 Å². The average Bonchev–Trinajstić information content (AvgIpc) is 2.40. The molecule has 0 saturated carbocycles. The van der Waals surface area contributed by atoms with Crippen LogP contribution in [0.3, 0.4) is 0 Å². The van der Waals surface area contributed by atoms with Crippen molar-refractivity contribution in [2.75, 3.05) is 11.1 Å². The Balaban J connectivity index is 2.12. The van der Waals surface area contributed by atoms with E-state index in [0.29, 0.717) is 5.69 Å². The first kappa shape index (κ1) is 15.3. The van der Waals surface area contributed by atoms with Gasteiger partial charge >= 0.3 is 0 Å². The van der Waals surface area contributed by atoms with Crippen LogP contribution in [0.1, 0.15) is 16.7 Å². The molecule has 0 heterocycles. The second-order valence-corrected chi connectivity index (χ2v) is 5.82. The lowest BCUT2D eigenvalue weighted by Crippen LogP contribution is -2.10. The van der Waals surface area contributed by atoms with Gasteiger partial charge in [-0.05, 0) is 60.9 Å². The molecule has 0 radical (unpaired) electrons. The van der Waals surface area contributed by atoms with Gasteiger partial charge in [-0.3, -0.25) is 4.79 Å². The van der Waals surface area contributed by atoms with E-state index in [0.717, 1.165) is 26.9 Å². The highest BCUT2D eigenvalue weighted by molar-refractivity contribution is 9.10. The highest BCUT2D eigenvalue weighted by Crippen LogP contribution is 2.25. The zero-order chi connectivity index (χ0) is 15.4. The summed E-state index contributed by atoms with van der Waals surface area (Å²) < 4.78 is 1.01. The highest BCUT2D eigenvalue weighted by atomic mass is 79.9. The molecule has 0 aliphatic rings. The van der Waals surface area contributed by atoms with Crippen molar-refractivity contribution in [3.8, 4) is 0 Å². The molecular weight excluding hydrogens is 328 g/mol. The summed E-state index contributed by atoms with van der Waals surface area (Å²) in [6, 6.07) is 11.3. The molecule has 3 N–H and O–H groups in total. The molecule has 0 unspecified atom stereocenters. The Hall–Kier alpha value is -2.07. The minimum atomic E-state index is -0.161. The molecule has 0 aromatic heterocycles. The SMILES string of the molecule is Cc1cc(Br)cc(C)c1NC(=O)/C=C/c1cccc(N)c1. The van der Waals surface area contributed by atoms with Crippen molar-refractivity contribution in [2.24, 2.45) is 0 Å². The Morgan fingerprint density at radius 2 is 1.86 bits per heavy atom. The quantitative estimate of drug-likeness (QED) is 0.644. The van der Waals surface area contributed by atoms with Crippen molar-refractivity contribution in [1.29, 1.82) is 0 Å². The summed E-state index contributed by atoms with van der Waals surface area (Å²) in [5, 5.41) is 2.91. The predicted molar refractivity (Wildman–Crippen MR) is 92.1 cm³/mol. The predicted octanol–water partition coefficient (Wildman–Crippen LogP) is 4.30. The van der Waals surface area contributed by atoms with E-state index in [9.17, 15) is 4.79 Å². The molecule has 108 valence electrons. The van der Waals surface area contributed by atoms with Gasteiger partial charge in [0.25, 0.3) is 0 Å². The van der Waals surface area contributed by atoms with E-state index in [1.807, 2.05) is 50.2 Å². The number of hydrogen-bond donors (Lipinski definition) is 2. The Kier molecular flexibility index (Phi) is 4.81. The molecule has 0 fully saturated rings. The van der Waals surface area contributed by atoms with E-state index >= 15 is 0 Å². The number of halogens is 1. The fourth-order valence-corrected chi connectivity index (χ4v) is 2.79. The van der Waals surface area contributed by atoms with Crippen LogP contribution in [-0.4, -0.2) is 5.91 Å². The largest absolute Gasteiger partial charge is 0.399 e. The summed E-state index contributed by atoms with van der Waals surface area (Å²) in [5.41, 5.74) is 10.2. The van der Waals surface area contributed by atoms with Crippen LogP contribution >= 0.6 is 15.9 Å². The second-order valence-electron chi connectivity index (χ2n) is 4.91. The van der Waals surface area contributed by atoms with Gasteiger partial charge in [0, 0.05) is 21.9 Å². The molecule has 21 heavy (non-hydrogen) atoms. The van der Waals surface area contributed by atoms with Crippen LogP contribution in [0.15, 0.2) is 46.9 Å². The molecule has 4 heteroatoms. The molecule has 2 rings (SSSR count). The third-order valence-electron chi connectivity index (χ3n) is 3.08. The fraction of sp³-hybridized carbons (Fsp3) is 0.118. The summed E-state index contributed by atoms with van der Waals surface area (Å²) in [6.07, 6.45) is 3.25. The van der Waals surface area contributed by atoms with Crippen LogP contribution in [0.25, 0.3) is 6.08 Å². The number of nitrogens with one attached hydrogen (secondary N) is 1. The van der Waals surface area contributed by atoms with E-state index in [1.165, 1.54) is 6.08 Å². The van der Waals surface area contributed by atoms with E-state index in [2.05, 4.69) is 21.2 Å². The first-order chi connectivity index (χ1) is 9.95. The zero-order valence-electron chi connectivity index (χ0n) is 12.0. The first-order valence-corrected chi connectivity index (χ1v) is 7.36. The average molecular weight is 345 g/mol. The Bertz CT molecular complexity index is 685. The summed E-state index contributed by atoms with van der Waals surface area (Å²) in [4.78, 5) is 12.0. The summed E-state index contributed by atoms with van der Waals surface area (Å²) in [5.74, 6) is -0.161. The van der Waals surface area contributed by atoms with Crippen molar-refractivity contribution in [3.05, 3.63) is 63.6 Å². The van der Waals surface area contributed by atoms with Gasteiger partial charge in [0.05, 0.1) is 0 Å². The maximum absolute atomic E-state index is 12.0. The Labute approximate surface area is 133 Å². The normalized spacial score (nSPS) is 10.8. The van der Waals surface area contributed by atoms with Crippen molar-refractivity contribution < 1.29 is 4.79 Å². The molecule has 0 bridgehead atoms. The fourth-order valence-electron chi connectivity index (χ4n) is 2.11. The molecule has 1 amide bonds. The lowest BCUT2D eigenvalue weighted by molar-refractivity contribution is -0.111. The second kappa shape index (κ2) is 6.59. The lowest BCUT2D eigenvalue weighted by Gasteiger charge is -2.10. The van der Waals surface area contributed by atoms with Gasteiger partial charge in [-0.2, -0.15) is 0 Å². The number of benzene rings is 2. The van der Waals surface area contributed by atoms with Crippen LogP contribution in [0, 0.1) is 13.8 Å². The first-order valence-electron chi connectivity index (χ1n) is 6.57. The number of carbonyl (C=O) groups excluding carboxylic acids is 1. The van der Waals surface area contributed by atoms with E-state index in [-0.39, 0.29) is 5.91 Å². The van der Waals surface area contributed by atoms with Gasteiger partial charge in [0.15, 0.2) is 0 Å². The zero-order valence-corrected chi connectivity index (χ0v) is 13.6. The van der Waals surface area contributed by atoms with Gasteiger partial charge in [0.2, 0.25) is 5.91 Å². The number of anilines is 2. The topological polar surface area (TPSA) is 55.1 Å². The van der Waals surface area contributed by atoms with E-state index in [1.54, 1.807) is 6.08 Å². The Morgan fingerprint density at radius 3 is 2.48 bits per heavy atom. The highest BCUT2D eigenvalue weighted by Gasteiger charge is 2.06. The summed E-state index contributed by atoms with van der Waals surface area (Å²) in [6.45, 7) is 3.93. The molecule has 0 atom stereocenters. The number of amides is 1. The molecule has 0 spiro atoms. The van der Waals surface area contributed by atoms with Gasteiger partial charge in [-0.1, -0.05) is 28.1 Å². The van der Waals surface area contributed by atoms with Gasteiger partial charge in [0.1, 0.15) is 0 Å². The van der Waals surface area contributed by atoms with Crippen molar-refractivity contribution in [3.63, 3.8) is 0 Å². The van der Waals surface area contributed by atoms with Crippen molar-refractivity contribution in [1.82, 2.24) is 0 Å². The third kappa shape index (κ3) is 4.20. The summed E-state index contributed by atoms with van der Waals surface area (Å²) >= 11 is 3.44. The van der Waals surface area contributed by atoms with Crippen LogP contribution in [-0.2, 0) is 4.79 Å². The molecule has 0 saturated heterocycles. The van der Waals surface area contributed by atoms with E-state index in [4.69, 9.17) is 5.73 Å². The Morgan fingerprint density at radius 1 is 1.19 bits per heavy atom. The number of carbonyl (C=O) groups is 1. The van der Waals surface area contributed by atoms with Crippen LogP contribution < -0.4 is 11.1 Å². The number of nitrogen functional groups attached to an aromatic ring is 1. The van der Waals surface area contributed by atoms with Gasteiger partial charge in [-0.25, -0.2) is 0 Å². The monoisotopic (exact) mass is 344 g/mol. The van der Waals surface area contributed by atoms with E-state index < -0.39 is 0 Å². The molecule has 2 aromatic rings. The van der Waals surface area contributed by atoms with Gasteiger partial charge in [-0.15, -0.1) is 0 Å². The number of aryl methyl sites for hydroxylation is 2.